The van der Waals surface area contributed by atoms with Gasteiger partial charge in [0.1, 0.15) is 0 Å². The maximum atomic E-state index is 12.6. The number of para-hydroxylation sites is 1. The molecule has 0 saturated carbocycles. The first-order chi connectivity index (χ1) is 12.2. The molecule has 1 aromatic heterocycles. The highest BCUT2D eigenvalue weighted by atomic mass is 16.5. The average Bonchev–Trinajstić information content (AvgIpc) is 2.96. The van der Waals surface area contributed by atoms with Gasteiger partial charge in [0.2, 0.25) is 0 Å². The standard InChI is InChI=1S/C19H26N4O3/c1-12(2)22(13(3)4)18(24)15(6)26-19(25)17-14(5)20-23(21-17)16-10-8-7-9-11-16/h7-13,15H,1-6H3/t15-/m1/s1. The van der Waals surface area contributed by atoms with Crippen molar-refractivity contribution in [2.75, 3.05) is 0 Å². The molecule has 140 valence electrons. The summed E-state index contributed by atoms with van der Waals surface area (Å²) in [6.07, 6.45) is -0.895. The lowest BCUT2D eigenvalue weighted by Gasteiger charge is -2.32. The summed E-state index contributed by atoms with van der Waals surface area (Å²) in [5.41, 5.74) is 1.29. The average molecular weight is 358 g/mol. The quantitative estimate of drug-likeness (QED) is 0.742. The SMILES string of the molecule is Cc1nn(-c2ccccc2)nc1C(=O)O[C@H](C)C(=O)N(C(C)C)C(C)C. The van der Waals surface area contributed by atoms with E-state index in [0.29, 0.717) is 5.69 Å². The molecule has 1 atom stereocenters. The van der Waals surface area contributed by atoms with Crippen molar-refractivity contribution in [3.63, 3.8) is 0 Å². The summed E-state index contributed by atoms with van der Waals surface area (Å²) < 4.78 is 5.36. The van der Waals surface area contributed by atoms with Crippen molar-refractivity contribution in [2.45, 2.75) is 59.7 Å². The largest absolute Gasteiger partial charge is 0.448 e. The van der Waals surface area contributed by atoms with Gasteiger partial charge in [0.15, 0.2) is 11.8 Å². The Morgan fingerprint density at radius 3 is 2.12 bits per heavy atom. The zero-order valence-electron chi connectivity index (χ0n) is 16.1. The fraction of sp³-hybridized carbons (Fsp3) is 0.474. The van der Waals surface area contributed by atoms with Gasteiger partial charge in [0.05, 0.1) is 11.4 Å². The second-order valence-electron chi connectivity index (χ2n) is 6.74. The summed E-state index contributed by atoms with van der Waals surface area (Å²) in [4.78, 5) is 28.2. The van der Waals surface area contributed by atoms with Gasteiger partial charge < -0.3 is 9.64 Å². The molecule has 1 heterocycles. The van der Waals surface area contributed by atoms with Crippen molar-refractivity contribution in [1.82, 2.24) is 19.9 Å². The van der Waals surface area contributed by atoms with E-state index in [-0.39, 0.29) is 23.7 Å². The van der Waals surface area contributed by atoms with Crippen molar-refractivity contribution in [1.29, 1.82) is 0 Å². The normalized spacial score (nSPS) is 12.3. The lowest BCUT2D eigenvalue weighted by Crippen LogP contribution is -2.47. The van der Waals surface area contributed by atoms with Gasteiger partial charge in [-0.1, -0.05) is 18.2 Å². The Hall–Kier alpha value is -2.70. The van der Waals surface area contributed by atoms with Crippen LogP contribution in [0.3, 0.4) is 0 Å². The predicted octanol–water partition coefficient (Wildman–Crippen LogP) is 2.77. The molecule has 2 rings (SSSR count). The fourth-order valence-electron chi connectivity index (χ4n) is 2.83. The van der Waals surface area contributed by atoms with E-state index in [0.717, 1.165) is 5.69 Å². The van der Waals surface area contributed by atoms with Crippen LogP contribution >= 0.6 is 0 Å². The summed E-state index contributed by atoms with van der Waals surface area (Å²) >= 11 is 0. The molecular weight excluding hydrogens is 332 g/mol. The molecule has 0 bridgehead atoms. The minimum absolute atomic E-state index is 0.0179. The first kappa shape index (κ1) is 19.6. The molecule has 26 heavy (non-hydrogen) atoms. The van der Waals surface area contributed by atoms with Gasteiger partial charge in [-0.05, 0) is 53.7 Å². The number of hydrogen-bond donors (Lipinski definition) is 0. The van der Waals surface area contributed by atoms with Gasteiger partial charge in [-0.15, -0.1) is 5.10 Å². The minimum Gasteiger partial charge on any atom is -0.448 e. The highest BCUT2D eigenvalue weighted by Gasteiger charge is 2.29. The second-order valence-corrected chi connectivity index (χ2v) is 6.74. The Morgan fingerprint density at radius 2 is 1.58 bits per heavy atom. The number of rotatable bonds is 6. The highest BCUT2D eigenvalue weighted by molar-refractivity contribution is 5.91. The van der Waals surface area contributed by atoms with Crippen molar-refractivity contribution in [3.8, 4) is 5.69 Å². The molecule has 1 aromatic carbocycles. The van der Waals surface area contributed by atoms with E-state index in [1.807, 2.05) is 58.0 Å². The first-order valence-corrected chi connectivity index (χ1v) is 8.75. The summed E-state index contributed by atoms with van der Waals surface area (Å²) in [6.45, 7) is 11.0. The molecule has 7 heteroatoms. The summed E-state index contributed by atoms with van der Waals surface area (Å²) in [5, 5.41) is 8.47. The van der Waals surface area contributed by atoms with E-state index in [2.05, 4.69) is 10.2 Å². The van der Waals surface area contributed by atoms with Crippen molar-refractivity contribution in [2.24, 2.45) is 0 Å². The maximum Gasteiger partial charge on any atom is 0.361 e. The van der Waals surface area contributed by atoms with Crippen molar-refractivity contribution in [3.05, 3.63) is 41.7 Å². The topological polar surface area (TPSA) is 77.3 Å². The molecule has 0 radical (unpaired) electrons. The number of esters is 1. The third-order valence-electron chi connectivity index (χ3n) is 3.96. The van der Waals surface area contributed by atoms with Gasteiger partial charge in [-0.25, -0.2) is 4.79 Å². The fourth-order valence-corrected chi connectivity index (χ4v) is 2.83. The number of ether oxygens (including phenoxy) is 1. The molecule has 2 aromatic rings. The second kappa shape index (κ2) is 8.12. The zero-order valence-corrected chi connectivity index (χ0v) is 16.1. The third kappa shape index (κ3) is 4.28. The van der Waals surface area contributed by atoms with E-state index in [1.54, 1.807) is 18.7 Å². The van der Waals surface area contributed by atoms with Crippen molar-refractivity contribution < 1.29 is 14.3 Å². The monoisotopic (exact) mass is 358 g/mol. The number of carbonyl (C=O) groups excluding carboxylic acids is 2. The van der Waals surface area contributed by atoms with E-state index in [9.17, 15) is 9.59 Å². The van der Waals surface area contributed by atoms with Crippen LogP contribution in [-0.2, 0) is 9.53 Å². The van der Waals surface area contributed by atoms with Crippen LogP contribution in [0.25, 0.3) is 5.69 Å². The van der Waals surface area contributed by atoms with Crippen LogP contribution in [0.2, 0.25) is 0 Å². The maximum absolute atomic E-state index is 12.6. The highest BCUT2D eigenvalue weighted by Crippen LogP contribution is 2.13. The number of aromatic nitrogens is 3. The van der Waals surface area contributed by atoms with E-state index in [1.165, 1.54) is 4.80 Å². The number of hydrogen-bond acceptors (Lipinski definition) is 5. The Bertz CT molecular complexity index is 760. The Morgan fingerprint density at radius 1 is 1.00 bits per heavy atom. The summed E-state index contributed by atoms with van der Waals surface area (Å²) in [7, 11) is 0. The summed E-state index contributed by atoms with van der Waals surface area (Å²) in [6, 6.07) is 9.32. The van der Waals surface area contributed by atoms with Gasteiger partial charge in [-0.2, -0.15) is 9.90 Å². The lowest BCUT2D eigenvalue weighted by atomic mass is 10.2. The van der Waals surface area contributed by atoms with Gasteiger partial charge in [0, 0.05) is 12.1 Å². The Kier molecular flexibility index (Phi) is 6.13. The van der Waals surface area contributed by atoms with Crippen LogP contribution < -0.4 is 0 Å². The van der Waals surface area contributed by atoms with Crippen LogP contribution in [0.15, 0.2) is 30.3 Å². The summed E-state index contributed by atoms with van der Waals surface area (Å²) in [5.74, 6) is -0.880. The molecule has 7 nitrogen and oxygen atoms in total. The molecule has 0 N–H and O–H groups in total. The third-order valence-corrected chi connectivity index (χ3v) is 3.96. The van der Waals surface area contributed by atoms with Gasteiger partial charge in [0.25, 0.3) is 5.91 Å². The molecular formula is C19H26N4O3. The van der Waals surface area contributed by atoms with Crippen LogP contribution in [0, 0.1) is 6.92 Å². The van der Waals surface area contributed by atoms with Gasteiger partial charge >= 0.3 is 5.97 Å². The number of amides is 1. The minimum atomic E-state index is -0.895. The molecule has 0 unspecified atom stereocenters. The number of benzene rings is 1. The van der Waals surface area contributed by atoms with Crippen LogP contribution in [0.1, 0.15) is 50.8 Å². The number of aryl methyl sites for hydroxylation is 1. The molecule has 0 aliphatic heterocycles. The molecule has 0 saturated heterocycles. The molecule has 0 aliphatic carbocycles. The molecule has 1 amide bonds. The van der Waals surface area contributed by atoms with Gasteiger partial charge in [-0.3, -0.25) is 4.79 Å². The molecule has 0 aliphatic rings. The first-order valence-electron chi connectivity index (χ1n) is 8.75. The van der Waals surface area contributed by atoms with E-state index < -0.39 is 12.1 Å². The van der Waals surface area contributed by atoms with E-state index in [4.69, 9.17) is 4.74 Å². The Labute approximate surface area is 153 Å². The van der Waals surface area contributed by atoms with Crippen molar-refractivity contribution >= 4 is 11.9 Å². The number of nitrogens with zero attached hydrogens (tertiary/aromatic N) is 4. The molecule has 0 spiro atoms. The number of carbonyl (C=O) groups is 2. The van der Waals surface area contributed by atoms with Crippen LogP contribution in [0.4, 0.5) is 0 Å². The zero-order chi connectivity index (χ0) is 19.4. The smallest absolute Gasteiger partial charge is 0.361 e. The van der Waals surface area contributed by atoms with Crippen LogP contribution in [-0.4, -0.2) is 50.0 Å². The Balaban J connectivity index is 2.15. The predicted molar refractivity (Wildman–Crippen MR) is 98.1 cm³/mol. The van der Waals surface area contributed by atoms with E-state index >= 15 is 0 Å². The lowest BCUT2D eigenvalue weighted by molar-refractivity contribution is -0.143. The van der Waals surface area contributed by atoms with Crippen LogP contribution in [0.5, 0.6) is 0 Å². The molecule has 0 fully saturated rings.